The number of quaternary nitrogens is 1. The zero-order valence-corrected chi connectivity index (χ0v) is 28.8. The Morgan fingerprint density at radius 2 is 1.53 bits per heavy atom. The first kappa shape index (κ1) is 38.1. The van der Waals surface area contributed by atoms with Crippen LogP contribution in [0.3, 0.4) is 0 Å². The maximum Gasteiger partial charge on any atom is 0.336 e. The number of ether oxygens (including phenoxy) is 2. The second-order valence-electron chi connectivity index (χ2n) is 12.1. The highest BCUT2D eigenvalue weighted by Crippen LogP contribution is 2.55. The summed E-state index contributed by atoms with van der Waals surface area (Å²) in [6, 6.07) is 5.36. The zero-order chi connectivity index (χ0) is 31.6. The summed E-state index contributed by atoms with van der Waals surface area (Å²) < 4.78 is 29.2. The van der Waals surface area contributed by atoms with Crippen molar-refractivity contribution in [2.24, 2.45) is 0 Å². The second kappa shape index (κ2) is 20.1. The van der Waals surface area contributed by atoms with Gasteiger partial charge in [-0.1, -0.05) is 96.5 Å². The SMILES string of the molecule is CCCCCCCCCCCCCCCCOCCCC(OP(=O)([O-])O)=S1CC[N+](C)(C)C1(OC(C)=O)c1ccccn1. The summed E-state index contributed by atoms with van der Waals surface area (Å²) in [5.74, 6) is 0.0212. The lowest BCUT2D eigenvalue weighted by Gasteiger charge is -2.42. The molecule has 11 heteroatoms. The Hall–Kier alpha value is -1.13. The predicted molar refractivity (Wildman–Crippen MR) is 173 cm³/mol. The molecule has 2 heterocycles. The van der Waals surface area contributed by atoms with Gasteiger partial charge in [0.2, 0.25) is 0 Å². The standard InChI is InChI=1S/C32H57N2O7PS/c1-5-6-7-8-9-10-11-12-13-14-15-16-17-20-26-39-27-21-23-31(41-42(36,37)38)43-28-25-34(3,4)32(43,40-29(2)35)30-22-18-19-24-33-30/h18-19,22,24H,5-17,20-21,23,25-28H2,1-4H3,(H-,36,37,38). The van der Waals surface area contributed by atoms with Gasteiger partial charge in [-0.3, -0.25) is 18.4 Å². The van der Waals surface area contributed by atoms with E-state index in [1.807, 2.05) is 20.2 Å². The molecule has 1 aromatic rings. The number of nitrogens with zero attached hydrogens (tertiary/aromatic N) is 2. The molecule has 1 aliphatic rings. The average Bonchev–Trinajstić information content (AvgIpc) is 3.21. The number of carbonyl (C=O) groups excluding carboxylic acids is 1. The lowest BCUT2D eigenvalue weighted by atomic mass is 10.0. The largest absolute Gasteiger partial charge is 0.756 e. The fourth-order valence-corrected chi connectivity index (χ4v) is 9.85. The molecule has 0 saturated carbocycles. The molecule has 0 amide bonds. The summed E-state index contributed by atoms with van der Waals surface area (Å²) in [6.45, 7) is 5.30. The Morgan fingerprint density at radius 1 is 0.977 bits per heavy atom. The van der Waals surface area contributed by atoms with Gasteiger partial charge in [-0.15, -0.1) is 0 Å². The van der Waals surface area contributed by atoms with Crippen molar-refractivity contribution in [1.29, 1.82) is 0 Å². The van der Waals surface area contributed by atoms with Crippen LogP contribution in [-0.2, 0) is 28.4 Å². The summed E-state index contributed by atoms with van der Waals surface area (Å²) in [6.07, 6.45) is 20.7. The van der Waals surface area contributed by atoms with Gasteiger partial charge in [0.05, 0.1) is 25.7 Å². The van der Waals surface area contributed by atoms with Gasteiger partial charge in [-0.05, 0) is 35.5 Å². The number of unbranched alkanes of at least 4 members (excludes halogenated alkanes) is 13. The van der Waals surface area contributed by atoms with Crippen molar-refractivity contribution in [3.63, 3.8) is 0 Å². The molecule has 3 atom stereocenters. The second-order valence-corrected chi connectivity index (χ2v) is 15.5. The Kier molecular flexibility index (Phi) is 17.8. The number of hydrogen-bond acceptors (Lipinski definition) is 7. The Labute approximate surface area is 262 Å². The molecular formula is C32H57N2O7PS. The molecule has 0 spiro atoms. The summed E-state index contributed by atoms with van der Waals surface area (Å²) in [5.41, 5.74) is 0.518. The van der Waals surface area contributed by atoms with E-state index in [1.165, 1.54) is 84.0 Å². The van der Waals surface area contributed by atoms with E-state index in [4.69, 9.17) is 14.0 Å². The molecule has 1 aliphatic heterocycles. The quantitative estimate of drug-likeness (QED) is 0.0472. The third kappa shape index (κ3) is 13.4. The van der Waals surface area contributed by atoms with Crippen LogP contribution >= 0.6 is 18.3 Å². The van der Waals surface area contributed by atoms with Crippen molar-refractivity contribution >= 4 is 29.3 Å². The van der Waals surface area contributed by atoms with Crippen LogP contribution in [0.2, 0.25) is 0 Å². The lowest BCUT2D eigenvalue weighted by molar-refractivity contribution is -0.947. The van der Waals surface area contributed by atoms with E-state index < -0.39 is 29.3 Å². The fraction of sp³-hybridized carbons (Fsp3) is 0.781. The van der Waals surface area contributed by atoms with Gasteiger partial charge in [0.15, 0.2) is 5.69 Å². The first-order valence-electron chi connectivity index (χ1n) is 16.4. The topological polar surface area (TPSA) is 118 Å². The van der Waals surface area contributed by atoms with Gasteiger partial charge in [-0.25, -0.2) is 4.98 Å². The van der Waals surface area contributed by atoms with E-state index in [2.05, 4.69) is 11.9 Å². The minimum Gasteiger partial charge on any atom is -0.756 e. The van der Waals surface area contributed by atoms with E-state index in [1.54, 1.807) is 18.3 Å². The minimum atomic E-state index is -5.08. The maximum atomic E-state index is 12.4. The lowest BCUT2D eigenvalue weighted by Crippen LogP contribution is -2.55. The third-order valence-electron chi connectivity index (χ3n) is 8.06. The average molecular weight is 645 g/mol. The van der Waals surface area contributed by atoms with Crippen molar-refractivity contribution < 1.29 is 37.6 Å². The highest BCUT2D eigenvalue weighted by Gasteiger charge is 2.60. The zero-order valence-electron chi connectivity index (χ0n) is 27.1. The molecule has 3 unspecified atom stereocenters. The number of esters is 1. The van der Waals surface area contributed by atoms with Crippen molar-refractivity contribution in [3.8, 4) is 0 Å². The predicted octanol–water partition coefficient (Wildman–Crippen LogP) is 7.00. The molecule has 43 heavy (non-hydrogen) atoms. The molecule has 1 N–H and O–H groups in total. The van der Waals surface area contributed by atoms with Gasteiger partial charge in [0, 0.05) is 38.5 Å². The number of aromatic nitrogens is 1. The van der Waals surface area contributed by atoms with Crippen LogP contribution < -0.4 is 4.89 Å². The molecule has 2 rings (SSSR count). The van der Waals surface area contributed by atoms with Crippen LogP contribution in [0.15, 0.2) is 24.4 Å². The number of carbonyl (C=O) groups is 1. The van der Waals surface area contributed by atoms with Crippen molar-refractivity contribution in [2.75, 3.05) is 39.6 Å². The van der Waals surface area contributed by atoms with E-state index >= 15 is 0 Å². The Balaban J connectivity index is 1.81. The minimum absolute atomic E-state index is 0.191. The molecular weight excluding hydrogens is 587 g/mol. The molecule has 1 saturated heterocycles. The summed E-state index contributed by atoms with van der Waals surface area (Å²) in [7, 11) is -2.22. The van der Waals surface area contributed by atoms with Crippen LogP contribution in [0.5, 0.6) is 0 Å². The third-order valence-corrected chi connectivity index (χ3v) is 11.5. The number of phosphoric acid groups is 1. The Morgan fingerprint density at radius 3 is 2.05 bits per heavy atom. The highest BCUT2D eigenvalue weighted by atomic mass is 32.2. The maximum absolute atomic E-state index is 12.4. The summed E-state index contributed by atoms with van der Waals surface area (Å²) in [4.78, 5) is 38.4. The molecule has 9 nitrogen and oxygen atoms in total. The van der Waals surface area contributed by atoms with E-state index in [0.717, 1.165) is 12.8 Å². The summed E-state index contributed by atoms with van der Waals surface area (Å²) in [5, 5.41) is -1.08. The smallest absolute Gasteiger partial charge is 0.336 e. The molecule has 248 valence electrons. The van der Waals surface area contributed by atoms with Gasteiger partial charge >= 0.3 is 11.0 Å². The molecule has 0 aliphatic carbocycles. The van der Waals surface area contributed by atoms with Gasteiger partial charge in [0.25, 0.3) is 7.82 Å². The Bertz CT molecular complexity index is 1020. The number of pyridine rings is 1. The molecule has 0 bridgehead atoms. The van der Waals surface area contributed by atoms with Crippen molar-refractivity contribution in [2.45, 2.75) is 122 Å². The summed E-state index contributed by atoms with van der Waals surface area (Å²) >= 11 is 0. The normalized spacial score (nSPS) is 21.4. The molecule has 1 aromatic heterocycles. The number of hydrogen-bond donors (Lipinski definition) is 1. The molecule has 0 radical (unpaired) electrons. The monoisotopic (exact) mass is 644 g/mol. The van der Waals surface area contributed by atoms with Crippen molar-refractivity contribution in [1.82, 2.24) is 4.98 Å². The van der Waals surface area contributed by atoms with Crippen LogP contribution in [-0.4, -0.2) is 65.0 Å². The van der Waals surface area contributed by atoms with E-state index in [9.17, 15) is 19.1 Å². The molecule has 1 fully saturated rings. The van der Waals surface area contributed by atoms with Gasteiger partial charge in [0.1, 0.15) is 0 Å². The number of rotatable bonds is 22. The van der Waals surface area contributed by atoms with E-state index in [-0.39, 0.29) is 16.0 Å². The van der Waals surface area contributed by atoms with Crippen LogP contribution in [0, 0.1) is 0 Å². The first-order valence-corrected chi connectivity index (χ1v) is 19.2. The number of phosphoric ester groups is 1. The highest BCUT2D eigenvalue weighted by molar-refractivity contribution is 8.16. The fourth-order valence-electron chi connectivity index (χ4n) is 5.74. The van der Waals surface area contributed by atoms with Gasteiger partial charge in [-0.2, -0.15) is 0 Å². The van der Waals surface area contributed by atoms with Crippen LogP contribution in [0.25, 0.3) is 0 Å². The van der Waals surface area contributed by atoms with Crippen molar-refractivity contribution in [3.05, 3.63) is 30.1 Å². The van der Waals surface area contributed by atoms with Crippen LogP contribution in [0.4, 0.5) is 0 Å². The van der Waals surface area contributed by atoms with E-state index in [0.29, 0.717) is 37.6 Å². The van der Waals surface area contributed by atoms with Crippen LogP contribution in [0.1, 0.15) is 122 Å². The molecule has 0 aromatic carbocycles. The van der Waals surface area contributed by atoms with Gasteiger partial charge < -0.3 is 19.3 Å². The first-order chi connectivity index (χ1) is 20.5.